The van der Waals surface area contributed by atoms with Crippen LogP contribution in [0, 0.1) is 12.7 Å². The highest BCUT2D eigenvalue weighted by Crippen LogP contribution is 2.33. The Morgan fingerprint density at radius 2 is 1.73 bits per heavy atom. The molecular weight excluding hydrogens is 490 g/mol. The number of alkyl halides is 3. The van der Waals surface area contributed by atoms with Crippen molar-refractivity contribution in [2.45, 2.75) is 39.8 Å². The molecule has 0 saturated carbocycles. The number of fused-ring (bicyclic) bond motifs is 1. The van der Waals surface area contributed by atoms with Crippen LogP contribution in [-0.4, -0.2) is 34.0 Å². The largest absolute Gasteiger partial charge is 0.469 e. The Morgan fingerprint density at radius 3 is 2.22 bits per heavy atom. The second-order valence-corrected chi connectivity index (χ2v) is 7.60. The van der Waals surface area contributed by atoms with Gasteiger partial charge in [0.2, 0.25) is 0 Å². The van der Waals surface area contributed by atoms with Crippen molar-refractivity contribution in [1.82, 2.24) is 14.6 Å². The number of aldehydes is 1. The lowest BCUT2D eigenvalue weighted by atomic mass is 10.0. The number of esters is 1. The molecule has 4 aromatic rings. The molecule has 0 bridgehead atoms. The van der Waals surface area contributed by atoms with E-state index in [1.54, 1.807) is 19.1 Å². The van der Waals surface area contributed by atoms with Crippen LogP contribution in [0.15, 0.2) is 60.8 Å². The van der Waals surface area contributed by atoms with Crippen LogP contribution in [0.3, 0.4) is 0 Å². The first-order valence-corrected chi connectivity index (χ1v) is 11.4. The van der Waals surface area contributed by atoms with Gasteiger partial charge in [0.1, 0.15) is 11.5 Å². The van der Waals surface area contributed by atoms with Gasteiger partial charge in [-0.05, 0) is 55.3 Å². The molecular formula is C27H27F4N3O3. The zero-order chi connectivity index (χ0) is 27.8. The minimum absolute atomic E-state index is 0.00627. The van der Waals surface area contributed by atoms with Crippen LogP contribution in [0.5, 0.6) is 0 Å². The molecule has 0 fully saturated rings. The Labute approximate surface area is 211 Å². The third kappa shape index (κ3) is 6.99. The number of benzene rings is 2. The molecule has 4 rings (SSSR count). The molecule has 0 spiro atoms. The Balaban J connectivity index is 0.000000406. The van der Waals surface area contributed by atoms with Gasteiger partial charge in [-0.1, -0.05) is 38.1 Å². The number of carbonyl (C=O) groups excluding carboxylic acids is 2. The number of nitrogens with zero attached hydrogens (tertiary/aromatic N) is 3. The average Bonchev–Trinajstić information content (AvgIpc) is 3.27. The van der Waals surface area contributed by atoms with Crippen molar-refractivity contribution in [3.8, 4) is 11.1 Å². The Bertz CT molecular complexity index is 1330. The molecule has 0 amide bonds. The van der Waals surface area contributed by atoms with Crippen molar-refractivity contribution in [2.24, 2.45) is 0 Å². The smallest absolute Gasteiger partial charge is 0.416 e. The summed E-state index contributed by atoms with van der Waals surface area (Å²) in [6.45, 7) is 7.48. The maximum Gasteiger partial charge on any atom is 0.416 e. The minimum Gasteiger partial charge on any atom is -0.469 e. The van der Waals surface area contributed by atoms with E-state index in [9.17, 15) is 27.2 Å². The van der Waals surface area contributed by atoms with Gasteiger partial charge in [-0.15, -0.1) is 0 Å². The van der Waals surface area contributed by atoms with Gasteiger partial charge in [-0.25, -0.2) is 13.9 Å². The summed E-state index contributed by atoms with van der Waals surface area (Å²) >= 11 is 0. The van der Waals surface area contributed by atoms with Crippen molar-refractivity contribution < 1.29 is 31.9 Å². The number of aromatic nitrogens is 3. The topological polar surface area (TPSA) is 73.6 Å². The molecule has 10 heteroatoms. The van der Waals surface area contributed by atoms with Crippen LogP contribution >= 0.6 is 0 Å². The number of hydrogen-bond donors (Lipinski definition) is 0. The summed E-state index contributed by atoms with van der Waals surface area (Å²) in [6.07, 6.45) is -2.53. The van der Waals surface area contributed by atoms with Crippen LogP contribution in [-0.2, 0) is 15.7 Å². The molecule has 37 heavy (non-hydrogen) atoms. The molecule has 196 valence electrons. The van der Waals surface area contributed by atoms with Gasteiger partial charge in [0, 0.05) is 6.20 Å². The fourth-order valence-electron chi connectivity index (χ4n) is 3.40. The molecule has 0 N–H and O–H groups in total. The fourth-order valence-corrected chi connectivity index (χ4v) is 3.40. The van der Waals surface area contributed by atoms with Crippen molar-refractivity contribution in [1.29, 1.82) is 0 Å². The molecule has 2 aromatic heterocycles. The Morgan fingerprint density at radius 1 is 1.08 bits per heavy atom. The number of carbonyl (C=O) groups is 2. The highest BCUT2D eigenvalue weighted by Gasteiger charge is 2.30. The van der Waals surface area contributed by atoms with Crippen LogP contribution in [0.2, 0.25) is 0 Å². The summed E-state index contributed by atoms with van der Waals surface area (Å²) in [5.74, 6) is -1.34. The Hall–Kier alpha value is -4.08. The van der Waals surface area contributed by atoms with E-state index in [1.807, 2.05) is 26.8 Å². The summed E-state index contributed by atoms with van der Waals surface area (Å²) < 4.78 is 56.6. The third-order valence-corrected chi connectivity index (χ3v) is 5.17. The standard InChI is InChI=1S/C18H14F3N3O3.C7H7F.C2H6/c1-10(17(26)27-2)14-7-8-22-16-15(13(9-25)23-24(14)16)11-3-5-12(6-4-11)18(19,20)21;1-6-3-2-4-7(8)5-6;1-2/h3-10H,1-2H3;2-5H,1H3;1-2H3. The molecule has 6 nitrogen and oxygen atoms in total. The van der Waals surface area contributed by atoms with E-state index in [0.717, 1.165) is 17.7 Å². The van der Waals surface area contributed by atoms with Gasteiger partial charge in [0.05, 0.1) is 29.8 Å². The second-order valence-electron chi connectivity index (χ2n) is 7.60. The lowest BCUT2D eigenvalue weighted by Gasteiger charge is -2.11. The van der Waals surface area contributed by atoms with Crippen molar-refractivity contribution in [3.05, 3.63) is 89.1 Å². The molecule has 0 saturated heterocycles. The zero-order valence-electron chi connectivity index (χ0n) is 21.0. The molecule has 0 radical (unpaired) electrons. The van der Waals surface area contributed by atoms with Gasteiger partial charge in [-0.3, -0.25) is 9.59 Å². The normalized spacial score (nSPS) is 11.5. The molecule has 2 heterocycles. The molecule has 1 unspecified atom stereocenters. The van der Waals surface area contributed by atoms with Gasteiger partial charge in [0.25, 0.3) is 0 Å². The summed E-state index contributed by atoms with van der Waals surface area (Å²) in [5.41, 5.74) is 1.51. The Kier molecular flexibility index (Phi) is 10.0. The number of rotatable bonds is 4. The predicted molar refractivity (Wildman–Crippen MR) is 132 cm³/mol. The van der Waals surface area contributed by atoms with E-state index in [2.05, 4.69) is 10.1 Å². The highest BCUT2D eigenvalue weighted by molar-refractivity contribution is 5.92. The predicted octanol–water partition coefficient (Wildman–Crippen LogP) is 6.66. The third-order valence-electron chi connectivity index (χ3n) is 5.17. The van der Waals surface area contributed by atoms with Gasteiger partial charge in [-0.2, -0.15) is 18.3 Å². The maximum atomic E-state index is 12.8. The molecule has 2 aromatic carbocycles. The summed E-state index contributed by atoms with van der Waals surface area (Å²) in [6, 6.07) is 12.4. The summed E-state index contributed by atoms with van der Waals surface area (Å²) in [7, 11) is 1.25. The average molecular weight is 518 g/mol. The quantitative estimate of drug-likeness (QED) is 0.172. The van der Waals surface area contributed by atoms with E-state index < -0.39 is 23.6 Å². The van der Waals surface area contributed by atoms with E-state index in [4.69, 9.17) is 4.74 Å². The molecule has 0 aliphatic carbocycles. The number of ether oxygens (including phenoxy) is 1. The summed E-state index contributed by atoms with van der Waals surface area (Å²) in [4.78, 5) is 27.5. The highest BCUT2D eigenvalue weighted by atomic mass is 19.4. The van der Waals surface area contributed by atoms with Crippen LogP contribution in [0.4, 0.5) is 17.6 Å². The van der Waals surface area contributed by atoms with Crippen molar-refractivity contribution in [3.63, 3.8) is 0 Å². The van der Waals surface area contributed by atoms with E-state index in [0.29, 0.717) is 17.5 Å². The molecule has 1 atom stereocenters. The van der Waals surface area contributed by atoms with Gasteiger partial charge < -0.3 is 4.74 Å². The van der Waals surface area contributed by atoms with E-state index >= 15 is 0 Å². The monoisotopic (exact) mass is 517 g/mol. The SMILES string of the molecule is CC.COC(=O)C(C)c1ccnc2c(-c3ccc(C(F)(F)F)cc3)c(C=O)nn12.Cc1cccc(F)c1. The lowest BCUT2D eigenvalue weighted by Crippen LogP contribution is -2.15. The van der Waals surface area contributed by atoms with Crippen molar-refractivity contribution >= 4 is 17.9 Å². The second kappa shape index (κ2) is 12.8. The zero-order valence-corrected chi connectivity index (χ0v) is 21.0. The van der Waals surface area contributed by atoms with E-state index in [-0.39, 0.29) is 22.7 Å². The number of halogens is 4. The summed E-state index contributed by atoms with van der Waals surface area (Å²) in [5, 5.41) is 4.17. The van der Waals surface area contributed by atoms with Crippen LogP contribution < -0.4 is 0 Å². The lowest BCUT2D eigenvalue weighted by molar-refractivity contribution is -0.142. The van der Waals surface area contributed by atoms with Crippen LogP contribution in [0.1, 0.15) is 54.0 Å². The number of methoxy groups -OCH3 is 1. The van der Waals surface area contributed by atoms with Gasteiger partial charge >= 0.3 is 12.1 Å². The van der Waals surface area contributed by atoms with Gasteiger partial charge in [0.15, 0.2) is 11.9 Å². The number of hydrogen-bond acceptors (Lipinski definition) is 5. The first-order valence-electron chi connectivity index (χ1n) is 11.4. The molecule has 0 aliphatic rings. The van der Waals surface area contributed by atoms with E-state index in [1.165, 1.54) is 42.1 Å². The minimum atomic E-state index is -4.46. The maximum absolute atomic E-state index is 12.8. The molecule has 0 aliphatic heterocycles. The first-order chi connectivity index (χ1) is 17.6. The fraction of sp³-hybridized carbons (Fsp3) is 0.259. The van der Waals surface area contributed by atoms with Crippen molar-refractivity contribution in [2.75, 3.05) is 7.11 Å². The first kappa shape index (κ1) is 29.2. The van der Waals surface area contributed by atoms with Crippen LogP contribution in [0.25, 0.3) is 16.8 Å². The number of aryl methyl sites for hydroxylation is 1.